The first-order valence-electron chi connectivity index (χ1n) is 6.02. The molecular formula is C14H16O2. The lowest BCUT2D eigenvalue weighted by Gasteiger charge is -2.31. The number of benzene rings is 1. The zero-order valence-electron chi connectivity index (χ0n) is 9.28. The van der Waals surface area contributed by atoms with Gasteiger partial charge in [-0.05, 0) is 48.1 Å². The van der Waals surface area contributed by atoms with Crippen LogP contribution in [0, 0.1) is 0 Å². The summed E-state index contributed by atoms with van der Waals surface area (Å²) in [5.74, 6) is -0.438. The Bertz CT molecular complexity index is 432. The number of carbonyl (C=O) groups is 1. The molecule has 1 fully saturated rings. The lowest BCUT2D eigenvalue weighted by atomic mass is 9.73. The van der Waals surface area contributed by atoms with Gasteiger partial charge in [0.1, 0.15) is 0 Å². The molecule has 0 aromatic heterocycles. The van der Waals surface area contributed by atoms with E-state index in [1.54, 1.807) is 0 Å². The van der Waals surface area contributed by atoms with E-state index in [0.717, 1.165) is 6.42 Å². The molecule has 1 aromatic rings. The molecule has 1 saturated carbocycles. The van der Waals surface area contributed by atoms with Crippen molar-refractivity contribution in [3.8, 4) is 0 Å². The monoisotopic (exact) mass is 216 g/mol. The van der Waals surface area contributed by atoms with E-state index in [0.29, 0.717) is 5.41 Å². The number of carboxylic acids is 1. The Kier molecular flexibility index (Phi) is 2.06. The first-order valence-corrected chi connectivity index (χ1v) is 6.02. The van der Waals surface area contributed by atoms with Crippen molar-refractivity contribution in [1.29, 1.82) is 0 Å². The maximum Gasteiger partial charge on any atom is 0.303 e. The summed E-state index contributed by atoms with van der Waals surface area (Å²) in [5.41, 5.74) is 3.17. The van der Waals surface area contributed by atoms with Crippen LogP contribution in [-0.2, 0) is 10.2 Å². The summed E-state index contributed by atoms with van der Waals surface area (Å²) in [7, 11) is 0. The smallest absolute Gasteiger partial charge is 0.303 e. The fourth-order valence-corrected chi connectivity index (χ4v) is 3.17. The summed E-state index contributed by atoms with van der Waals surface area (Å²) in [6.45, 7) is 0. The molecule has 2 aliphatic rings. The summed E-state index contributed by atoms with van der Waals surface area (Å²) < 4.78 is 0. The van der Waals surface area contributed by atoms with Crippen molar-refractivity contribution in [2.45, 2.75) is 43.4 Å². The highest BCUT2D eigenvalue weighted by atomic mass is 16.4. The third kappa shape index (κ3) is 1.44. The van der Waals surface area contributed by atoms with Gasteiger partial charge < -0.3 is 5.11 Å². The van der Waals surface area contributed by atoms with E-state index in [9.17, 15) is 4.79 Å². The Balaban J connectivity index is 1.99. The molecule has 2 aliphatic carbocycles. The number of hydrogen-bond acceptors (Lipinski definition) is 1. The molecule has 0 radical (unpaired) electrons. The van der Waals surface area contributed by atoms with Gasteiger partial charge in [-0.25, -0.2) is 0 Å². The molecule has 2 nitrogen and oxygen atoms in total. The van der Waals surface area contributed by atoms with Crippen LogP contribution in [0.4, 0.5) is 0 Å². The second kappa shape index (κ2) is 3.34. The molecule has 1 N–H and O–H groups in total. The third-order valence-electron chi connectivity index (χ3n) is 4.22. The zero-order valence-corrected chi connectivity index (χ0v) is 9.28. The van der Waals surface area contributed by atoms with Crippen LogP contribution in [0.1, 0.15) is 49.1 Å². The summed E-state index contributed by atoms with van der Waals surface area (Å²) in [5, 5.41) is 8.94. The normalized spacial score (nSPS) is 25.1. The first kappa shape index (κ1) is 9.88. The predicted molar refractivity (Wildman–Crippen MR) is 61.6 cm³/mol. The molecule has 1 atom stereocenters. The fourth-order valence-electron chi connectivity index (χ4n) is 3.17. The van der Waals surface area contributed by atoms with E-state index in [2.05, 4.69) is 18.2 Å². The standard InChI is InChI=1S/C14H16O2/c15-13(16)9-10-5-6-14(7-8-14)12-4-2-1-3-11(10)12/h1-4,10H,5-9H2,(H,15,16). The largest absolute Gasteiger partial charge is 0.481 e. The number of carboxylic acid groups (broad SMARTS) is 1. The van der Waals surface area contributed by atoms with Gasteiger partial charge in [-0.15, -0.1) is 0 Å². The maximum absolute atomic E-state index is 10.9. The molecule has 0 saturated heterocycles. The van der Waals surface area contributed by atoms with Crippen LogP contribution in [-0.4, -0.2) is 11.1 Å². The van der Waals surface area contributed by atoms with Crippen LogP contribution in [0.2, 0.25) is 0 Å². The zero-order chi connectivity index (χ0) is 11.2. The van der Waals surface area contributed by atoms with Crippen LogP contribution < -0.4 is 0 Å². The SMILES string of the molecule is O=C(O)CC1CCC2(CC2)c2ccccc21. The van der Waals surface area contributed by atoms with Crippen LogP contribution in [0.5, 0.6) is 0 Å². The number of hydrogen-bond donors (Lipinski definition) is 1. The van der Waals surface area contributed by atoms with Gasteiger partial charge in [-0.3, -0.25) is 4.79 Å². The van der Waals surface area contributed by atoms with Gasteiger partial charge >= 0.3 is 5.97 Å². The minimum absolute atomic E-state index is 0.236. The van der Waals surface area contributed by atoms with Crippen molar-refractivity contribution >= 4 is 5.97 Å². The quantitative estimate of drug-likeness (QED) is 0.824. The minimum Gasteiger partial charge on any atom is -0.481 e. The van der Waals surface area contributed by atoms with Crippen molar-refractivity contribution in [3.63, 3.8) is 0 Å². The first-order chi connectivity index (χ1) is 7.71. The minimum atomic E-state index is -0.674. The van der Waals surface area contributed by atoms with E-state index < -0.39 is 5.97 Å². The van der Waals surface area contributed by atoms with E-state index in [-0.39, 0.29) is 12.3 Å². The Morgan fingerprint density at radius 2 is 2.06 bits per heavy atom. The molecule has 84 valence electrons. The van der Waals surface area contributed by atoms with Crippen molar-refractivity contribution in [3.05, 3.63) is 35.4 Å². The molecule has 0 amide bonds. The van der Waals surface area contributed by atoms with Crippen LogP contribution in [0.25, 0.3) is 0 Å². The van der Waals surface area contributed by atoms with Crippen molar-refractivity contribution in [1.82, 2.24) is 0 Å². The van der Waals surface area contributed by atoms with Gasteiger partial charge in [0.15, 0.2) is 0 Å². The molecule has 0 heterocycles. The van der Waals surface area contributed by atoms with Crippen LogP contribution in [0.15, 0.2) is 24.3 Å². The molecule has 1 spiro atoms. The maximum atomic E-state index is 10.9. The molecule has 0 aliphatic heterocycles. The second-order valence-electron chi connectivity index (χ2n) is 5.20. The number of aliphatic carboxylic acids is 1. The van der Waals surface area contributed by atoms with E-state index in [1.165, 1.54) is 30.4 Å². The summed E-state index contributed by atoms with van der Waals surface area (Å²) in [4.78, 5) is 10.9. The predicted octanol–water partition coefficient (Wildman–Crippen LogP) is 3.07. The van der Waals surface area contributed by atoms with E-state index in [1.807, 2.05) is 6.07 Å². The number of rotatable bonds is 2. The van der Waals surface area contributed by atoms with E-state index >= 15 is 0 Å². The molecule has 0 bridgehead atoms. The lowest BCUT2D eigenvalue weighted by Crippen LogP contribution is -2.21. The fraction of sp³-hybridized carbons (Fsp3) is 0.500. The second-order valence-corrected chi connectivity index (χ2v) is 5.20. The highest BCUT2D eigenvalue weighted by Crippen LogP contribution is 2.58. The van der Waals surface area contributed by atoms with Gasteiger partial charge in [-0.1, -0.05) is 24.3 Å². The molecule has 2 heteroatoms. The molecule has 3 rings (SSSR count). The van der Waals surface area contributed by atoms with Gasteiger partial charge in [0.05, 0.1) is 6.42 Å². The van der Waals surface area contributed by atoms with Gasteiger partial charge in [0.2, 0.25) is 0 Å². The summed E-state index contributed by atoms with van der Waals surface area (Å²) in [6.07, 6.45) is 5.10. The Labute approximate surface area is 95.3 Å². The highest BCUT2D eigenvalue weighted by Gasteiger charge is 2.48. The molecular weight excluding hydrogens is 200 g/mol. The van der Waals surface area contributed by atoms with Crippen LogP contribution in [0.3, 0.4) is 0 Å². The van der Waals surface area contributed by atoms with Crippen molar-refractivity contribution < 1.29 is 9.90 Å². The van der Waals surface area contributed by atoms with Gasteiger partial charge in [0.25, 0.3) is 0 Å². The summed E-state index contributed by atoms with van der Waals surface area (Å²) in [6, 6.07) is 8.45. The molecule has 1 unspecified atom stereocenters. The average molecular weight is 216 g/mol. The van der Waals surface area contributed by atoms with Crippen LogP contribution >= 0.6 is 0 Å². The Morgan fingerprint density at radius 3 is 2.75 bits per heavy atom. The lowest BCUT2D eigenvalue weighted by molar-refractivity contribution is -0.137. The Morgan fingerprint density at radius 1 is 1.31 bits per heavy atom. The summed E-state index contributed by atoms with van der Waals surface area (Å²) >= 11 is 0. The third-order valence-corrected chi connectivity index (χ3v) is 4.22. The molecule has 16 heavy (non-hydrogen) atoms. The average Bonchev–Trinajstić information content (AvgIpc) is 3.04. The van der Waals surface area contributed by atoms with Gasteiger partial charge in [-0.2, -0.15) is 0 Å². The Hall–Kier alpha value is -1.31. The number of fused-ring (bicyclic) bond motifs is 2. The highest BCUT2D eigenvalue weighted by molar-refractivity contribution is 5.68. The topological polar surface area (TPSA) is 37.3 Å². The van der Waals surface area contributed by atoms with Gasteiger partial charge in [0, 0.05) is 0 Å². The van der Waals surface area contributed by atoms with E-state index in [4.69, 9.17) is 5.11 Å². The van der Waals surface area contributed by atoms with Crippen molar-refractivity contribution in [2.24, 2.45) is 0 Å². The molecule has 1 aromatic carbocycles. The van der Waals surface area contributed by atoms with Crippen molar-refractivity contribution in [2.75, 3.05) is 0 Å².